The van der Waals surface area contributed by atoms with Crippen LogP contribution in [0.2, 0.25) is 0 Å². The van der Waals surface area contributed by atoms with Gasteiger partial charge in [-0.3, -0.25) is 4.79 Å². The minimum Gasteiger partial charge on any atom is -0.367 e. The van der Waals surface area contributed by atoms with Gasteiger partial charge in [0, 0.05) is 31.3 Å². The molecule has 1 aliphatic heterocycles. The van der Waals surface area contributed by atoms with E-state index in [-0.39, 0.29) is 48.8 Å². The van der Waals surface area contributed by atoms with E-state index in [9.17, 15) is 22.0 Å². The third kappa shape index (κ3) is 5.08. The van der Waals surface area contributed by atoms with Gasteiger partial charge < -0.3 is 15.0 Å². The number of carbonyl (C=O) groups is 1. The van der Waals surface area contributed by atoms with E-state index >= 15 is 0 Å². The number of imidazole rings is 1. The number of rotatable bonds is 5. The molecule has 2 fully saturated rings. The fourth-order valence-corrected chi connectivity index (χ4v) is 6.44. The number of primary amides is 1. The molecule has 1 atom stereocenters. The van der Waals surface area contributed by atoms with Crippen LogP contribution in [0.15, 0.2) is 23.1 Å². The van der Waals surface area contributed by atoms with Crippen molar-refractivity contribution in [1.82, 2.24) is 13.9 Å². The number of amides is 1. The van der Waals surface area contributed by atoms with E-state index in [0.717, 1.165) is 11.3 Å². The van der Waals surface area contributed by atoms with Gasteiger partial charge in [0.15, 0.2) is 5.60 Å². The van der Waals surface area contributed by atoms with E-state index in [2.05, 4.69) is 4.57 Å². The SMILES string of the molecule is CC(C)(C)c1nc2cc(S(=O)(=O)N3CCO[C@@](C)(C(N)=O)C3)ccc2n1CC1CCC(F)(F)CC1. The van der Waals surface area contributed by atoms with Gasteiger partial charge in [0.05, 0.1) is 29.1 Å². The molecule has 1 aromatic heterocycles. The number of hydrogen-bond acceptors (Lipinski definition) is 5. The molecule has 2 aliphatic rings. The predicted molar refractivity (Wildman–Crippen MR) is 128 cm³/mol. The predicted octanol–water partition coefficient (Wildman–Crippen LogP) is 3.42. The molecule has 1 saturated carbocycles. The molecule has 194 valence electrons. The van der Waals surface area contributed by atoms with E-state index < -0.39 is 27.5 Å². The Balaban J connectivity index is 1.68. The van der Waals surface area contributed by atoms with Crippen LogP contribution in [0, 0.1) is 5.92 Å². The van der Waals surface area contributed by atoms with Gasteiger partial charge in [-0.25, -0.2) is 22.2 Å². The molecule has 1 aliphatic carbocycles. The number of carbonyl (C=O) groups excluding carboxylic acids is 1. The lowest BCUT2D eigenvalue weighted by molar-refractivity contribution is -0.148. The number of morpholine rings is 1. The molecule has 4 rings (SSSR count). The summed E-state index contributed by atoms with van der Waals surface area (Å²) in [5.41, 5.74) is 5.01. The highest BCUT2D eigenvalue weighted by atomic mass is 32.2. The molecule has 35 heavy (non-hydrogen) atoms. The average Bonchev–Trinajstić information content (AvgIpc) is 3.13. The highest BCUT2D eigenvalue weighted by molar-refractivity contribution is 7.89. The summed E-state index contributed by atoms with van der Waals surface area (Å²) in [7, 11) is -3.92. The van der Waals surface area contributed by atoms with Crippen LogP contribution in [-0.2, 0) is 31.5 Å². The second kappa shape index (κ2) is 8.77. The van der Waals surface area contributed by atoms with Crippen molar-refractivity contribution in [2.24, 2.45) is 11.7 Å². The first-order valence-electron chi connectivity index (χ1n) is 12.0. The molecular weight excluding hydrogens is 478 g/mol. The Bertz CT molecular complexity index is 1230. The maximum absolute atomic E-state index is 13.7. The summed E-state index contributed by atoms with van der Waals surface area (Å²) in [6, 6.07) is 4.81. The molecule has 2 aromatic rings. The maximum Gasteiger partial charge on any atom is 0.250 e. The van der Waals surface area contributed by atoms with Crippen LogP contribution in [0.1, 0.15) is 59.2 Å². The summed E-state index contributed by atoms with van der Waals surface area (Å²) >= 11 is 0. The monoisotopic (exact) mass is 512 g/mol. The van der Waals surface area contributed by atoms with Crippen molar-refractivity contribution < 1.29 is 26.7 Å². The Kier molecular flexibility index (Phi) is 6.51. The zero-order chi connectivity index (χ0) is 25.8. The fraction of sp³-hybridized carbons (Fsp3) is 0.667. The van der Waals surface area contributed by atoms with Gasteiger partial charge in [0.25, 0.3) is 5.91 Å². The van der Waals surface area contributed by atoms with Gasteiger partial charge in [-0.2, -0.15) is 4.31 Å². The summed E-state index contributed by atoms with van der Waals surface area (Å²) in [6.45, 7) is 8.11. The molecule has 1 saturated heterocycles. The Morgan fingerprint density at radius 1 is 1.26 bits per heavy atom. The number of halogens is 2. The summed E-state index contributed by atoms with van der Waals surface area (Å²) < 4.78 is 62.9. The van der Waals surface area contributed by atoms with Crippen molar-refractivity contribution in [3.05, 3.63) is 24.0 Å². The normalized spacial score (nSPS) is 24.6. The van der Waals surface area contributed by atoms with Crippen LogP contribution in [0.5, 0.6) is 0 Å². The van der Waals surface area contributed by atoms with Gasteiger partial charge in [-0.1, -0.05) is 20.8 Å². The van der Waals surface area contributed by atoms with E-state index in [1.807, 2.05) is 20.8 Å². The van der Waals surface area contributed by atoms with Crippen molar-refractivity contribution >= 4 is 27.0 Å². The number of nitrogens with two attached hydrogens (primary N) is 1. The molecule has 8 nitrogen and oxygen atoms in total. The van der Waals surface area contributed by atoms with Crippen molar-refractivity contribution in [2.75, 3.05) is 19.7 Å². The Morgan fingerprint density at radius 3 is 2.51 bits per heavy atom. The van der Waals surface area contributed by atoms with E-state index in [1.165, 1.54) is 17.3 Å². The average molecular weight is 513 g/mol. The fourth-order valence-electron chi connectivity index (χ4n) is 4.91. The largest absolute Gasteiger partial charge is 0.367 e. The van der Waals surface area contributed by atoms with Gasteiger partial charge in [-0.15, -0.1) is 0 Å². The third-order valence-electron chi connectivity index (χ3n) is 7.07. The number of hydrogen-bond donors (Lipinski definition) is 1. The molecule has 0 bridgehead atoms. The molecule has 0 spiro atoms. The van der Waals surface area contributed by atoms with Gasteiger partial charge in [-0.05, 0) is 43.9 Å². The molecule has 1 amide bonds. The Hall–Kier alpha value is -2.11. The number of sulfonamides is 1. The van der Waals surface area contributed by atoms with Crippen molar-refractivity contribution in [3.8, 4) is 0 Å². The number of ether oxygens (including phenoxy) is 1. The number of alkyl halides is 2. The van der Waals surface area contributed by atoms with Crippen LogP contribution >= 0.6 is 0 Å². The van der Waals surface area contributed by atoms with Crippen molar-refractivity contribution in [2.45, 2.75) is 81.8 Å². The number of aromatic nitrogens is 2. The molecule has 0 radical (unpaired) electrons. The van der Waals surface area contributed by atoms with Gasteiger partial charge in [0.2, 0.25) is 15.9 Å². The number of nitrogens with zero attached hydrogens (tertiary/aromatic N) is 3. The maximum atomic E-state index is 13.7. The van der Waals surface area contributed by atoms with Crippen LogP contribution < -0.4 is 5.73 Å². The quantitative estimate of drug-likeness (QED) is 0.661. The standard InChI is InChI=1S/C24H34F2N4O4S/c1-22(2,3)21-28-18-13-17(35(32,33)29-11-12-34-23(4,15-29)20(27)31)5-6-19(18)30(21)14-16-7-9-24(25,26)10-8-16/h5-6,13,16H,7-12,14-15H2,1-4H3,(H2,27,31)/t23-/m1/s1. The first-order valence-corrected chi connectivity index (χ1v) is 13.4. The molecular formula is C24H34F2N4O4S. The highest BCUT2D eigenvalue weighted by Gasteiger charge is 2.42. The second-order valence-corrected chi connectivity index (χ2v) is 13.0. The first-order chi connectivity index (χ1) is 16.1. The highest BCUT2D eigenvalue weighted by Crippen LogP contribution is 2.38. The van der Waals surface area contributed by atoms with Gasteiger partial charge >= 0.3 is 0 Å². The second-order valence-electron chi connectivity index (χ2n) is 11.0. The minimum atomic E-state index is -3.92. The molecule has 2 heterocycles. The van der Waals surface area contributed by atoms with Gasteiger partial charge in [0.1, 0.15) is 5.82 Å². The zero-order valence-electron chi connectivity index (χ0n) is 20.7. The van der Waals surface area contributed by atoms with Crippen LogP contribution in [0.4, 0.5) is 8.78 Å². The number of benzene rings is 1. The molecule has 0 unspecified atom stereocenters. The lowest BCUT2D eigenvalue weighted by atomic mass is 9.86. The Labute approximate surface area is 204 Å². The minimum absolute atomic E-state index is 0.0597. The summed E-state index contributed by atoms with van der Waals surface area (Å²) in [5, 5.41) is 0. The Morgan fingerprint density at radius 2 is 1.91 bits per heavy atom. The molecule has 1 aromatic carbocycles. The van der Waals surface area contributed by atoms with Crippen LogP contribution in [-0.4, -0.2) is 59.4 Å². The molecule has 11 heteroatoms. The number of fused-ring (bicyclic) bond motifs is 1. The first kappa shape index (κ1) is 26.0. The topological polar surface area (TPSA) is 108 Å². The zero-order valence-corrected chi connectivity index (χ0v) is 21.5. The van der Waals surface area contributed by atoms with E-state index in [1.54, 1.807) is 12.1 Å². The van der Waals surface area contributed by atoms with Crippen LogP contribution in [0.25, 0.3) is 11.0 Å². The van der Waals surface area contributed by atoms with Crippen molar-refractivity contribution in [1.29, 1.82) is 0 Å². The smallest absolute Gasteiger partial charge is 0.250 e. The summed E-state index contributed by atoms with van der Waals surface area (Å²) in [5.74, 6) is -2.42. The van der Waals surface area contributed by atoms with Crippen LogP contribution in [0.3, 0.4) is 0 Å². The molecule has 2 N–H and O–H groups in total. The van der Waals surface area contributed by atoms with Crippen molar-refractivity contribution in [3.63, 3.8) is 0 Å². The lowest BCUT2D eigenvalue weighted by Gasteiger charge is -2.37. The lowest BCUT2D eigenvalue weighted by Crippen LogP contribution is -2.58. The summed E-state index contributed by atoms with van der Waals surface area (Å²) in [4.78, 5) is 16.7. The van der Waals surface area contributed by atoms with E-state index in [0.29, 0.717) is 24.9 Å². The summed E-state index contributed by atoms with van der Waals surface area (Å²) in [6.07, 6.45) is 0.666. The third-order valence-corrected chi connectivity index (χ3v) is 8.91. The van der Waals surface area contributed by atoms with E-state index in [4.69, 9.17) is 15.5 Å².